The molecule has 4 N–H and O–H groups in total. The molecule has 212 valence electrons. The van der Waals surface area contributed by atoms with Gasteiger partial charge in [0.05, 0.1) is 22.3 Å². The first-order valence-electron chi connectivity index (χ1n) is 13.6. The number of halogens is 1. The summed E-state index contributed by atoms with van der Waals surface area (Å²) < 4.78 is 0. The number of thiophene rings is 1. The van der Waals surface area contributed by atoms with Crippen LogP contribution in [0, 0.1) is 0 Å². The van der Waals surface area contributed by atoms with Crippen molar-refractivity contribution in [1.82, 2.24) is 14.9 Å². The number of hydrogen-bond donors (Lipinski definition) is 3. The molecular formula is C30H31ClN6O3S. The van der Waals surface area contributed by atoms with Gasteiger partial charge in [-0.2, -0.15) is 0 Å². The van der Waals surface area contributed by atoms with Gasteiger partial charge in [0.15, 0.2) is 0 Å². The van der Waals surface area contributed by atoms with E-state index in [-0.39, 0.29) is 5.78 Å². The Morgan fingerprint density at radius 2 is 1.78 bits per heavy atom. The summed E-state index contributed by atoms with van der Waals surface area (Å²) in [6, 6.07) is 14.0. The second kappa shape index (κ2) is 13.2. The average Bonchev–Trinajstić information content (AvgIpc) is 3.32. The number of benzene rings is 2. The number of urea groups is 1. The molecule has 0 radical (unpaired) electrons. The molecule has 41 heavy (non-hydrogen) atoms. The van der Waals surface area contributed by atoms with E-state index in [4.69, 9.17) is 17.3 Å². The number of fused-ring (bicyclic) bond motifs is 2. The van der Waals surface area contributed by atoms with Crippen molar-refractivity contribution in [3.8, 4) is 0 Å². The molecular weight excluding hydrogens is 560 g/mol. The fourth-order valence-electron chi connectivity index (χ4n) is 4.96. The number of nitrogens with zero attached hydrogens (tertiary/aromatic N) is 3. The zero-order chi connectivity index (χ0) is 28.8. The number of nitrogens with one attached hydrogen (secondary N) is 2. The molecule has 11 heteroatoms. The molecule has 0 saturated heterocycles. The fourth-order valence-corrected chi connectivity index (χ4v) is 6.38. The van der Waals surface area contributed by atoms with Gasteiger partial charge >= 0.3 is 6.03 Å². The van der Waals surface area contributed by atoms with Crippen molar-refractivity contribution in [2.24, 2.45) is 5.73 Å². The van der Waals surface area contributed by atoms with Crippen LogP contribution in [0.15, 0.2) is 54.7 Å². The third kappa shape index (κ3) is 7.46. The highest BCUT2D eigenvalue weighted by Crippen LogP contribution is 2.37. The van der Waals surface area contributed by atoms with Crippen molar-refractivity contribution in [3.05, 3.63) is 81.4 Å². The number of ketones is 1. The Balaban J connectivity index is 1.08. The maximum Gasteiger partial charge on any atom is 0.324 e. The van der Waals surface area contributed by atoms with E-state index < -0.39 is 11.9 Å². The van der Waals surface area contributed by atoms with E-state index in [0.717, 1.165) is 53.1 Å². The summed E-state index contributed by atoms with van der Waals surface area (Å²) in [5.74, 6) is -0.316. The number of carbonyl (C=O) groups excluding carboxylic acids is 3. The van der Waals surface area contributed by atoms with Crippen LogP contribution in [-0.4, -0.2) is 45.7 Å². The number of anilines is 2. The summed E-state index contributed by atoms with van der Waals surface area (Å²) in [7, 11) is 0. The van der Waals surface area contributed by atoms with E-state index in [1.54, 1.807) is 30.5 Å². The summed E-state index contributed by atoms with van der Waals surface area (Å²) in [6.07, 6.45) is 5.76. The predicted octanol–water partition coefficient (Wildman–Crippen LogP) is 5.82. The Morgan fingerprint density at radius 3 is 2.56 bits per heavy atom. The molecule has 3 amide bonds. The lowest BCUT2D eigenvalue weighted by molar-refractivity contribution is -0.119. The van der Waals surface area contributed by atoms with Crippen molar-refractivity contribution < 1.29 is 14.4 Å². The summed E-state index contributed by atoms with van der Waals surface area (Å²) in [4.78, 5) is 49.7. The van der Waals surface area contributed by atoms with E-state index in [9.17, 15) is 14.4 Å². The van der Waals surface area contributed by atoms with Gasteiger partial charge in [-0.1, -0.05) is 23.7 Å². The summed E-state index contributed by atoms with van der Waals surface area (Å²) >= 11 is 7.29. The highest BCUT2D eigenvalue weighted by molar-refractivity contribution is 7.17. The van der Waals surface area contributed by atoms with Crippen LogP contribution < -0.4 is 16.4 Å². The second-order valence-corrected chi connectivity index (χ2v) is 11.6. The molecule has 2 aromatic heterocycles. The number of nitrogens with two attached hydrogens (primary N) is 1. The molecule has 0 unspecified atom stereocenters. The Labute approximate surface area is 247 Å². The van der Waals surface area contributed by atoms with Crippen molar-refractivity contribution >= 4 is 62.4 Å². The topological polar surface area (TPSA) is 130 Å². The number of aryl methyl sites for hydroxylation is 1. The third-order valence-electron chi connectivity index (χ3n) is 7.05. The van der Waals surface area contributed by atoms with Crippen LogP contribution in [0.25, 0.3) is 11.0 Å². The first kappa shape index (κ1) is 28.7. The molecule has 2 aromatic carbocycles. The number of hydrogen-bond acceptors (Lipinski definition) is 7. The van der Waals surface area contributed by atoms with Crippen LogP contribution in [0.4, 0.5) is 15.5 Å². The first-order chi connectivity index (χ1) is 19.9. The molecule has 0 spiro atoms. The van der Waals surface area contributed by atoms with Gasteiger partial charge < -0.3 is 11.1 Å². The molecule has 9 nitrogen and oxygen atoms in total. The van der Waals surface area contributed by atoms with E-state index >= 15 is 0 Å². The van der Waals surface area contributed by atoms with Gasteiger partial charge in [-0.25, -0.2) is 9.78 Å². The van der Waals surface area contributed by atoms with Crippen molar-refractivity contribution in [2.45, 2.75) is 45.1 Å². The van der Waals surface area contributed by atoms with Crippen LogP contribution in [-0.2, 0) is 24.2 Å². The zero-order valence-electron chi connectivity index (χ0n) is 22.5. The van der Waals surface area contributed by atoms with Gasteiger partial charge in [0.1, 0.15) is 10.8 Å². The zero-order valence-corrected chi connectivity index (χ0v) is 24.1. The Hall–Kier alpha value is -3.86. The number of primary amides is 1. The van der Waals surface area contributed by atoms with Gasteiger partial charge in [-0.3, -0.25) is 24.8 Å². The second-order valence-electron chi connectivity index (χ2n) is 10.0. The van der Waals surface area contributed by atoms with E-state index in [0.29, 0.717) is 53.5 Å². The van der Waals surface area contributed by atoms with Gasteiger partial charge in [-0.05, 0) is 74.2 Å². The maximum atomic E-state index is 12.6. The van der Waals surface area contributed by atoms with Crippen molar-refractivity contribution in [3.63, 3.8) is 0 Å². The van der Waals surface area contributed by atoms with Crippen LogP contribution in [0.1, 0.15) is 52.2 Å². The summed E-state index contributed by atoms with van der Waals surface area (Å²) in [5, 5.41) is 6.56. The molecule has 3 heterocycles. The van der Waals surface area contributed by atoms with E-state index in [1.165, 1.54) is 11.3 Å². The molecule has 0 atom stereocenters. The van der Waals surface area contributed by atoms with Crippen LogP contribution in [0.2, 0.25) is 5.02 Å². The minimum absolute atomic E-state index is 0.234. The molecule has 4 aromatic rings. The lowest BCUT2D eigenvalue weighted by Gasteiger charge is -2.26. The number of para-hydroxylation sites is 2. The number of carbonyl (C=O) groups is 3. The molecule has 1 aliphatic rings. The largest absolute Gasteiger partial charge is 0.365 e. The Morgan fingerprint density at radius 1 is 1.00 bits per heavy atom. The van der Waals surface area contributed by atoms with Crippen LogP contribution >= 0.6 is 22.9 Å². The smallest absolute Gasteiger partial charge is 0.324 e. The van der Waals surface area contributed by atoms with Gasteiger partial charge in [-0.15, -0.1) is 11.3 Å². The predicted molar refractivity (Wildman–Crippen MR) is 163 cm³/mol. The average molecular weight is 591 g/mol. The molecule has 0 aliphatic carbocycles. The third-order valence-corrected chi connectivity index (χ3v) is 8.43. The molecule has 0 saturated carbocycles. The highest BCUT2D eigenvalue weighted by Gasteiger charge is 2.27. The van der Waals surface area contributed by atoms with E-state index in [2.05, 4.69) is 25.5 Å². The number of Topliss-reactive ketones (excluding diaryl/α,β-unsaturated/α-hetero) is 1. The fraction of sp³-hybridized carbons (Fsp3) is 0.300. The molecule has 1 aliphatic heterocycles. The summed E-state index contributed by atoms with van der Waals surface area (Å²) in [5.41, 5.74) is 10.1. The Bertz CT molecular complexity index is 1570. The minimum Gasteiger partial charge on any atom is -0.365 e. The SMILES string of the molecule is NC(=O)c1c(NC(=O)Nc2ccc(Cl)cc2)sc2c1CCN(CCCCC(=O)CCc1cnc3ccccc3n1)C2. The van der Waals surface area contributed by atoms with E-state index in [1.807, 2.05) is 24.3 Å². The molecule has 0 bridgehead atoms. The monoisotopic (exact) mass is 590 g/mol. The van der Waals surface area contributed by atoms with Gasteiger partial charge in [0, 0.05) is 47.7 Å². The number of unbranched alkanes of at least 4 members (excludes halogenated alkanes) is 1. The van der Waals surface area contributed by atoms with Gasteiger partial charge in [0.2, 0.25) is 0 Å². The normalized spacial score (nSPS) is 13.1. The van der Waals surface area contributed by atoms with Crippen LogP contribution in [0.3, 0.4) is 0 Å². The summed E-state index contributed by atoms with van der Waals surface area (Å²) in [6.45, 7) is 2.32. The van der Waals surface area contributed by atoms with Crippen molar-refractivity contribution in [2.75, 3.05) is 23.7 Å². The molecule has 5 rings (SSSR count). The lowest BCUT2D eigenvalue weighted by Crippen LogP contribution is -2.31. The number of amides is 3. The quantitative estimate of drug-likeness (QED) is 0.189. The lowest BCUT2D eigenvalue weighted by atomic mass is 10.0. The minimum atomic E-state index is -0.550. The Kier molecular flexibility index (Phi) is 9.23. The number of rotatable bonds is 11. The number of aromatic nitrogens is 2. The van der Waals surface area contributed by atoms with Crippen LogP contribution in [0.5, 0.6) is 0 Å². The van der Waals surface area contributed by atoms with Crippen molar-refractivity contribution in [1.29, 1.82) is 0 Å². The standard InChI is InChI=1S/C30H31ClN6O3S/c31-19-8-10-20(11-9-19)35-30(40)36-29-27(28(32)39)23-14-16-37(18-26(23)41-29)15-4-3-5-22(38)13-12-21-17-33-24-6-1-2-7-25(24)34-21/h1-2,6-11,17H,3-5,12-16,18H2,(H2,32,39)(H2,35,36,40). The molecule has 0 fully saturated rings. The maximum absolute atomic E-state index is 12.6. The first-order valence-corrected chi connectivity index (χ1v) is 14.8. The highest BCUT2D eigenvalue weighted by atomic mass is 35.5. The van der Waals surface area contributed by atoms with Gasteiger partial charge in [0.25, 0.3) is 5.91 Å².